The van der Waals surface area contributed by atoms with Crippen molar-refractivity contribution in [2.45, 2.75) is 51.7 Å². The molecule has 1 N–H and O–H groups in total. The molecule has 1 aromatic carbocycles. The zero-order valence-corrected chi connectivity index (χ0v) is 11.9. The Bertz CT molecular complexity index is 487. The summed E-state index contributed by atoms with van der Waals surface area (Å²) in [6.07, 6.45) is 3.71. The van der Waals surface area contributed by atoms with Crippen LogP contribution >= 0.6 is 0 Å². The van der Waals surface area contributed by atoms with Crippen LogP contribution in [0.15, 0.2) is 18.2 Å². The molecule has 0 saturated heterocycles. The van der Waals surface area contributed by atoms with Crippen molar-refractivity contribution in [3.63, 3.8) is 0 Å². The number of nitrogens with zero attached hydrogens (tertiary/aromatic N) is 1. The summed E-state index contributed by atoms with van der Waals surface area (Å²) in [5, 5.41) is 20.6. The van der Waals surface area contributed by atoms with E-state index in [2.05, 4.69) is 6.92 Å². The number of benzene rings is 1. The lowest BCUT2D eigenvalue weighted by atomic mass is 9.88. The maximum Gasteiger partial charge on any atom is 0.270 e. The first kappa shape index (κ1) is 14.8. The normalized spacial score (nSPS) is 24.1. The molecule has 3 atom stereocenters. The molecule has 0 spiro atoms. The predicted octanol–water partition coefficient (Wildman–Crippen LogP) is 3.61. The number of aliphatic hydroxyl groups excluding tert-OH is 1. The zero-order chi connectivity index (χ0) is 14.7. The third-order valence-electron chi connectivity index (χ3n) is 3.84. The van der Waals surface area contributed by atoms with E-state index in [9.17, 15) is 15.2 Å². The molecule has 2 rings (SSSR count). The topological polar surface area (TPSA) is 72.6 Å². The highest BCUT2D eigenvalue weighted by Gasteiger charge is 2.23. The molecule has 20 heavy (non-hydrogen) atoms. The molecule has 0 aromatic heterocycles. The lowest BCUT2D eigenvalue weighted by Gasteiger charge is -2.28. The van der Waals surface area contributed by atoms with Crippen LogP contribution in [0.3, 0.4) is 0 Å². The van der Waals surface area contributed by atoms with Gasteiger partial charge in [0, 0.05) is 17.7 Å². The van der Waals surface area contributed by atoms with E-state index < -0.39 is 11.0 Å². The first-order valence-corrected chi connectivity index (χ1v) is 7.10. The van der Waals surface area contributed by atoms with Crippen molar-refractivity contribution >= 4 is 5.69 Å². The third kappa shape index (κ3) is 3.48. The number of non-ortho nitro benzene ring substituents is 1. The van der Waals surface area contributed by atoms with E-state index in [1.807, 2.05) is 0 Å². The number of hydrogen-bond donors (Lipinski definition) is 1. The van der Waals surface area contributed by atoms with Crippen molar-refractivity contribution in [3.8, 4) is 5.75 Å². The average Bonchev–Trinajstić information content (AvgIpc) is 2.38. The van der Waals surface area contributed by atoms with Crippen molar-refractivity contribution < 1.29 is 14.8 Å². The number of nitro benzene ring substituents is 1. The van der Waals surface area contributed by atoms with E-state index in [1.165, 1.54) is 18.6 Å². The Kier molecular flexibility index (Phi) is 4.60. The van der Waals surface area contributed by atoms with E-state index in [0.717, 1.165) is 19.3 Å². The van der Waals surface area contributed by atoms with Crippen molar-refractivity contribution in [2.24, 2.45) is 5.92 Å². The van der Waals surface area contributed by atoms with Gasteiger partial charge < -0.3 is 9.84 Å². The van der Waals surface area contributed by atoms with Crippen molar-refractivity contribution in [2.75, 3.05) is 0 Å². The first-order valence-electron chi connectivity index (χ1n) is 7.10. The molecule has 0 aliphatic heterocycles. The maximum absolute atomic E-state index is 10.8. The van der Waals surface area contributed by atoms with Crippen LogP contribution < -0.4 is 4.74 Å². The second kappa shape index (κ2) is 6.22. The quantitative estimate of drug-likeness (QED) is 0.675. The average molecular weight is 279 g/mol. The summed E-state index contributed by atoms with van der Waals surface area (Å²) in [6, 6.07) is 4.42. The lowest BCUT2D eigenvalue weighted by Crippen LogP contribution is -2.24. The van der Waals surface area contributed by atoms with Gasteiger partial charge in [-0.15, -0.1) is 0 Å². The molecule has 1 aliphatic carbocycles. The predicted molar refractivity (Wildman–Crippen MR) is 75.8 cm³/mol. The highest BCUT2D eigenvalue weighted by molar-refractivity contribution is 5.44. The highest BCUT2D eigenvalue weighted by atomic mass is 16.6. The Morgan fingerprint density at radius 2 is 2.20 bits per heavy atom. The molecule has 5 nitrogen and oxygen atoms in total. The lowest BCUT2D eigenvalue weighted by molar-refractivity contribution is -0.385. The van der Waals surface area contributed by atoms with E-state index in [4.69, 9.17) is 4.74 Å². The molecule has 0 radical (unpaired) electrons. The Labute approximate surface area is 118 Å². The molecule has 0 amide bonds. The summed E-state index contributed by atoms with van der Waals surface area (Å²) in [4.78, 5) is 10.3. The van der Waals surface area contributed by atoms with E-state index >= 15 is 0 Å². The maximum atomic E-state index is 10.8. The van der Waals surface area contributed by atoms with Crippen LogP contribution in [0.4, 0.5) is 5.69 Å². The summed E-state index contributed by atoms with van der Waals surface area (Å²) >= 11 is 0. The molecule has 1 aliphatic rings. The third-order valence-corrected chi connectivity index (χ3v) is 3.84. The van der Waals surface area contributed by atoms with Crippen LogP contribution in [-0.2, 0) is 0 Å². The number of ether oxygens (including phenoxy) is 1. The van der Waals surface area contributed by atoms with Crippen LogP contribution in [0.25, 0.3) is 0 Å². The Morgan fingerprint density at radius 1 is 1.45 bits per heavy atom. The van der Waals surface area contributed by atoms with Gasteiger partial charge in [0.25, 0.3) is 5.69 Å². The van der Waals surface area contributed by atoms with Crippen molar-refractivity contribution in [1.82, 2.24) is 0 Å². The van der Waals surface area contributed by atoms with E-state index in [0.29, 0.717) is 17.2 Å². The van der Waals surface area contributed by atoms with Gasteiger partial charge in [0.1, 0.15) is 5.75 Å². The molecule has 1 fully saturated rings. The minimum atomic E-state index is -0.786. The largest absolute Gasteiger partial charge is 0.490 e. The van der Waals surface area contributed by atoms with Gasteiger partial charge in [-0.3, -0.25) is 10.1 Å². The Balaban J connectivity index is 2.20. The molecule has 0 bridgehead atoms. The summed E-state index contributed by atoms with van der Waals surface area (Å²) in [7, 11) is 0. The minimum absolute atomic E-state index is 0.0229. The molecule has 5 heteroatoms. The van der Waals surface area contributed by atoms with Gasteiger partial charge in [-0.1, -0.05) is 13.3 Å². The van der Waals surface area contributed by atoms with Crippen LogP contribution in [0.5, 0.6) is 5.75 Å². The van der Waals surface area contributed by atoms with Crippen LogP contribution in [0, 0.1) is 16.0 Å². The SMILES string of the molecule is CC1CCCC(Oc2ccc([N+](=O)[O-])cc2C(C)O)C1. The molecule has 3 unspecified atom stereocenters. The molecule has 0 heterocycles. The van der Waals surface area contributed by atoms with Gasteiger partial charge in [0.2, 0.25) is 0 Å². The van der Waals surface area contributed by atoms with E-state index in [1.54, 1.807) is 13.0 Å². The summed E-state index contributed by atoms with van der Waals surface area (Å²) in [5.74, 6) is 1.20. The Hall–Kier alpha value is -1.62. The second-order valence-electron chi connectivity index (χ2n) is 5.67. The fraction of sp³-hybridized carbons (Fsp3) is 0.600. The van der Waals surface area contributed by atoms with Gasteiger partial charge in [0.15, 0.2) is 0 Å². The van der Waals surface area contributed by atoms with Crippen molar-refractivity contribution in [3.05, 3.63) is 33.9 Å². The van der Waals surface area contributed by atoms with Gasteiger partial charge in [0.05, 0.1) is 17.1 Å². The van der Waals surface area contributed by atoms with Gasteiger partial charge in [-0.05, 0) is 38.2 Å². The fourth-order valence-corrected chi connectivity index (χ4v) is 2.75. The Morgan fingerprint density at radius 3 is 2.80 bits per heavy atom. The van der Waals surface area contributed by atoms with Crippen molar-refractivity contribution in [1.29, 1.82) is 0 Å². The molecule has 1 saturated carbocycles. The molecule has 110 valence electrons. The van der Waals surface area contributed by atoms with Gasteiger partial charge in [-0.25, -0.2) is 0 Å². The van der Waals surface area contributed by atoms with Gasteiger partial charge in [-0.2, -0.15) is 0 Å². The van der Waals surface area contributed by atoms with Crippen LogP contribution in [0.2, 0.25) is 0 Å². The summed E-state index contributed by atoms with van der Waals surface area (Å²) in [6.45, 7) is 3.80. The first-order chi connectivity index (χ1) is 9.47. The highest BCUT2D eigenvalue weighted by Crippen LogP contribution is 2.33. The summed E-state index contributed by atoms with van der Waals surface area (Å²) in [5.41, 5.74) is 0.461. The number of hydrogen-bond acceptors (Lipinski definition) is 4. The molecular weight excluding hydrogens is 258 g/mol. The molecule has 1 aromatic rings. The summed E-state index contributed by atoms with van der Waals surface area (Å²) < 4.78 is 5.97. The minimum Gasteiger partial charge on any atom is -0.490 e. The fourth-order valence-electron chi connectivity index (χ4n) is 2.75. The van der Waals surface area contributed by atoms with Crippen LogP contribution in [-0.4, -0.2) is 16.1 Å². The van der Waals surface area contributed by atoms with Gasteiger partial charge >= 0.3 is 0 Å². The zero-order valence-electron chi connectivity index (χ0n) is 11.9. The number of rotatable bonds is 4. The second-order valence-corrected chi connectivity index (χ2v) is 5.67. The monoisotopic (exact) mass is 279 g/mol. The number of aliphatic hydroxyl groups is 1. The standard InChI is InChI=1S/C15H21NO4/c1-10-4-3-5-13(8-10)20-15-7-6-12(16(18)19)9-14(15)11(2)17/h6-7,9-11,13,17H,3-5,8H2,1-2H3. The van der Waals surface area contributed by atoms with E-state index in [-0.39, 0.29) is 11.8 Å². The number of nitro groups is 1. The van der Waals surface area contributed by atoms with Crippen LogP contribution in [0.1, 0.15) is 51.2 Å². The smallest absolute Gasteiger partial charge is 0.270 e. The molecular formula is C15H21NO4.